The van der Waals surface area contributed by atoms with Crippen LogP contribution in [0.15, 0.2) is 12.3 Å². The Morgan fingerprint density at radius 1 is 1.53 bits per heavy atom. The van der Waals surface area contributed by atoms with Gasteiger partial charge in [0.05, 0.1) is 16.0 Å². The minimum absolute atomic E-state index is 0.206. The number of aryl methyl sites for hydroxylation is 1. The first-order valence-corrected chi connectivity index (χ1v) is 6.42. The van der Waals surface area contributed by atoms with Gasteiger partial charge in [-0.15, -0.1) is 0 Å². The topological polar surface area (TPSA) is 76.3 Å². The van der Waals surface area contributed by atoms with E-state index in [9.17, 15) is 9.59 Å². The zero-order valence-electron chi connectivity index (χ0n) is 10.9. The molecular formula is C13H16ClN3O2. The van der Waals surface area contributed by atoms with Crippen molar-refractivity contribution in [2.45, 2.75) is 20.3 Å². The van der Waals surface area contributed by atoms with Crippen molar-refractivity contribution in [3.8, 4) is 0 Å². The zero-order valence-corrected chi connectivity index (χ0v) is 11.7. The fourth-order valence-electron chi connectivity index (χ4n) is 2.19. The molecule has 1 aromatic heterocycles. The second-order valence-electron chi connectivity index (χ2n) is 5.21. The molecule has 2 rings (SSSR count). The highest BCUT2D eigenvalue weighted by Gasteiger charge is 2.41. The summed E-state index contributed by atoms with van der Waals surface area (Å²) < 4.78 is 0. The van der Waals surface area contributed by atoms with Crippen molar-refractivity contribution in [2.75, 3.05) is 13.1 Å². The van der Waals surface area contributed by atoms with Crippen LogP contribution in [-0.4, -0.2) is 34.8 Å². The molecule has 0 saturated carbocycles. The molecule has 0 radical (unpaired) electrons. The van der Waals surface area contributed by atoms with Crippen molar-refractivity contribution in [3.05, 3.63) is 28.5 Å². The molecule has 1 saturated heterocycles. The lowest BCUT2D eigenvalue weighted by atomic mass is 9.89. The van der Waals surface area contributed by atoms with E-state index in [1.54, 1.807) is 24.8 Å². The van der Waals surface area contributed by atoms with Gasteiger partial charge in [0, 0.05) is 25.0 Å². The van der Waals surface area contributed by atoms with Crippen LogP contribution < -0.4 is 5.73 Å². The maximum absolute atomic E-state index is 12.3. The molecule has 1 unspecified atom stereocenters. The molecule has 19 heavy (non-hydrogen) atoms. The van der Waals surface area contributed by atoms with Crippen molar-refractivity contribution >= 4 is 23.4 Å². The van der Waals surface area contributed by atoms with Crippen molar-refractivity contribution in [2.24, 2.45) is 11.1 Å². The number of primary amides is 1. The summed E-state index contributed by atoms with van der Waals surface area (Å²) >= 11 is 6.06. The van der Waals surface area contributed by atoms with E-state index in [0.717, 1.165) is 5.69 Å². The van der Waals surface area contributed by atoms with Gasteiger partial charge in [0.2, 0.25) is 5.91 Å². The van der Waals surface area contributed by atoms with Crippen LogP contribution >= 0.6 is 11.6 Å². The van der Waals surface area contributed by atoms with Crippen molar-refractivity contribution in [1.82, 2.24) is 9.88 Å². The molecule has 1 aliphatic rings. The van der Waals surface area contributed by atoms with Crippen LogP contribution in [0.4, 0.5) is 0 Å². The molecule has 2 N–H and O–H groups in total. The van der Waals surface area contributed by atoms with Crippen LogP contribution in [0.2, 0.25) is 5.02 Å². The van der Waals surface area contributed by atoms with Gasteiger partial charge >= 0.3 is 0 Å². The number of hydrogen-bond donors (Lipinski definition) is 1. The molecule has 0 bridgehead atoms. The number of rotatable bonds is 2. The van der Waals surface area contributed by atoms with E-state index < -0.39 is 5.41 Å². The van der Waals surface area contributed by atoms with Gasteiger partial charge in [-0.2, -0.15) is 0 Å². The minimum Gasteiger partial charge on any atom is -0.369 e. The highest BCUT2D eigenvalue weighted by molar-refractivity contribution is 6.33. The number of pyridine rings is 1. The van der Waals surface area contributed by atoms with Crippen molar-refractivity contribution in [3.63, 3.8) is 0 Å². The molecule has 1 atom stereocenters. The first-order chi connectivity index (χ1) is 8.83. The van der Waals surface area contributed by atoms with Gasteiger partial charge in [0.15, 0.2) is 0 Å². The van der Waals surface area contributed by atoms with Gasteiger partial charge in [-0.3, -0.25) is 14.6 Å². The Bertz CT molecular complexity index is 547. The number of carbonyl (C=O) groups excluding carboxylic acids is 2. The van der Waals surface area contributed by atoms with E-state index >= 15 is 0 Å². The normalized spacial score (nSPS) is 22.6. The molecule has 5 nitrogen and oxygen atoms in total. The molecular weight excluding hydrogens is 266 g/mol. The molecule has 1 aliphatic heterocycles. The van der Waals surface area contributed by atoms with Gasteiger partial charge in [-0.1, -0.05) is 11.6 Å². The number of nitrogens with two attached hydrogens (primary N) is 1. The Morgan fingerprint density at radius 2 is 2.21 bits per heavy atom. The predicted octanol–water partition coefficient (Wildman–Crippen LogP) is 1.38. The van der Waals surface area contributed by atoms with Crippen LogP contribution in [0.5, 0.6) is 0 Å². The maximum Gasteiger partial charge on any atom is 0.256 e. The lowest BCUT2D eigenvalue weighted by Crippen LogP contribution is -2.38. The van der Waals surface area contributed by atoms with Gasteiger partial charge < -0.3 is 10.6 Å². The number of hydrogen-bond acceptors (Lipinski definition) is 3. The molecule has 0 aliphatic carbocycles. The molecule has 6 heteroatoms. The average Bonchev–Trinajstić information content (AvgIpc) is 2.73. The van der Waals surface area contributed by atoms with E-state index in [2.05, 4.69) is 4.98 Å². The molecule has 1 fully saturated rings. The standard InChI is InChI=1S/C13H16ClN3O2/c1-8-5-10(14)9(6-16-8)11(18)17-4-3-13(2,7-17)12(15)19/h5-6H,3-4,7H2,1-2H3,(H2,15,19). The van der Waals surface area contributed by atoms with Crippen molar-refractivity contribution < 1.29 is 9.59 Å². The van der Waals surface area contributed by atoms with E-state index in [0.29, 0.717) is 30.1 Å². The van der Waals surface area contributed by atoms with E-state index in [-0.39, 0.29) is 11.8 Å². The molecule has 2 heterocycles. The van der Waals surface area contributed by atoms with Crippen LogP contribution in [0, 0.1) is 12.3 Å². The van der Waals surface area contributed by atoms with Gasteiger partial charge in [-0.05, 0) is 26.3 Å². The van der Waals surface area contributed by atoms with Gasteiger partial charge in [0.1, 0.15) is 0 Å². The largest absolute Gasteiger partial charge is 0.369 e. The first kappa shape index (κ1) is 13.8. The molecule has 0 spiro atoms. The molecule has 2 amide bonds. The quantitative estimate of drug-likeness (QED) is 0.890. The Morgan fingerprint density at radius 3 is 2.74 bits per heavy atom. The summed E-state index contributed by atoms with van der Waals surface area (Å²) in [5, 5.41) is 0.380. The highest BCUT2D eigenvalue weighted by Crippen LogP contribution is 2.31. The Labute approximate surface area is 116 Å². The third-order valence-electron chi connectivity index (χ3n) is 3.58. The lowest BCUT2D eigenvalue weighted by molar-refractivity contribution is -0.126. The predicted molar refractivity (Wildman–Crippen MR) is 71.8 cm³/mol. The minimum atomic E-state index is -0.653. The zero-order chi connectivity index (χ0) is 14.2. The number of nitrogens with zero attached hydrogens (tertiary/aromatic N) is 2. The third kappa shape index (κ3) is 2.56. The molecule has 102 valence electrons. The Balaban J connectivity index is 2.20. The number of aromatic nitrogens is 1. The second kappa shape index (κ2) is 4.81. The fourth-order valence-corrected chi connectivity index (χ4v) is 2.48. The Kier molecular flexibility index (Phi) is 3.49. The summed E-state index contributed by atoms with van der Waals surface area (Å²) in [5.41, 5.74) is 5.83. The summed E-state index contributed by atoms with van der Waals surface area (Å²) in [6.07, 6.45) is 2.05. The van der Waals surface area contributed by atoms with Crippen LogP contribution in [-0.2, 0) is 4.79 Å². The summed E-state index contributed by atoms with van der Waals surface area (Å²) in [6, 6.07) is 1.65. The van der Waals surface area contributed by atoms with E-state index in [4.69, 9.17) is 17.3 Å². The number of halogens is 1. The highest BCUT2D eigenvalue weighted by atomic mass is 35.5. The third-order valence-corrected chi connectivity index (χ3v) is 3.89. The summed E-state index contributed by atoms with van der Waals surface area (Å²) in [4.78, 5) is 29.4. The number of likely N-dealkylation sites (tertiary alicyclic amines) is 1. The van der Waals surface area contributed by atoms with Gasteiger partial charge in [-0.25, -0.2) is 0 Å². The summed E-state index contributed by atoms with van der Waals surface area (Å²) in [6.45, 7) is 4.41. The number of amides is 2. The van der Waals surface area contributed by atoms with E-state index in [1.807, 2.05) is 0 Å². The van der Waals surface area contributed by atoms with E-state index in [1.165, 1.54) is 6.20 Å². The monoisotopic (exact) mass is 281 g/mol. The summed E-state index contributed by atoms with van der Waals surface area (Å²) in [7, 11) is 0. The second-order valence-corrected chi connectivity index (χ2v) is 5.61. The van der Waals surface area contributed by atoms with Crippen molar-refractivity contribution in [1.29, 1.82) is 0 Å². The molecule has 1 aromatic rings. The van der Waals surface area contributed by atoms with Crippen LogP contribution in [0.1, 0.15) is 29.4 Å². The van der Waals surface area contributed by atoms with Gasteiger partial charge in [0.25, 0.3) is 5.91 Å². The average molecular weight is 282 g/mol. The first-order valence-electron chi connectivity index (χ1n) is 6.05. The fraction of sp³-hybridized carbons (Fsp3) is 0.462. The SMILES string of the molecule is Cc1cc(Cl)c(C(=O)N2CCC(C)(C(N)=O)C2)cn1. The maximum atomic E-state index is 12.3. The lowest BCUT2D eigenvalue weighted by Gasteiger charge is -2.21. The smallest absolute Gasteiger partial charge is 0.256 e. The molecule has 0 aromatic carbocycles. The van der Waals surface area contributed by atoms with Crippen LogP contribution in [0.25, 0.3) is 0 Å². The van der Waals surface area contributed by atoms with Crippen LogP contribution in [0.3, 0.4) is 0 Å². The summed E-state index contributed by atoms with van der Waals surface area (Å²) in [5.74, 6) is -0.585. The number of carbonyl (C=O) groups is 2. The Hall–Kier alpha value is -1.62.